The van der Waals surface area contributed by atoms with E-state index >= 15 is 0 Å². The Morgan fingerprint density at radius 3 is 2.44 bits per heavy atom. The lowest BCUT2D eigenvalue weighted by Crippen LogP contribution is -2.21. The third-order valence-corrected chi connectivity index (χ3v) is 5.58. The van der Waals surface area contributed by atoms with E-state index in [2.05, 4.69) is 71.8 Å². The maximum absolute atomic E-state index is 6.56. The Morgan fingerprint density at radius 1 is 0.889 bits per heavy atom. The number of aryl methyl sites for hydroxylation is 1. The molecule has 0 unspecified atom stereocenters. The van der Waals surface area contributed by atoms with Gasteiger partial charge in [0.05, 0.1) is 6.54 Å². The predicted molar refractivity (Wildman–Crippen MR) is 115 cm³/mol. The lowest BCUT2D eigenvalue weighted by atomic mass is 9.92. The highest BCUT2D eigenvalue weighted by Gasteiger charge is 2.15. The Kier molecular flexibility index (Phi) is 5.26. The molecule has 1 aliphatic heterocycles. The van der Waals surface area contributed by atoms with E-state index in [9.17, 15) is 0 Å². The lowest BCUT2D eigenvalue weighted by Gasteiger charge is -2.15. The molecule has 1 heterocycles. The minimum atomic E-state index is 0.820. The molecule has 0 saturated heterocycles. The van der Waals surface area contributed by atoms with Crippen LogP contribution in [-0.2, 0) is 12.8 Å². The van der Waals surface area contributed by atoms with Crippen molar-refractivity contribution in [3.8, 4) is 11.1 Å². The molecule has 0 amide bonds. The molecular formula is C24H23ClN2. The fourth-order valence-corrected chi connectivity index (χ4v) is 4.03. The molecule has 0 bridgehead atoms. The molecule has 0 aliphatic carbocycles. The molecule has 1 aliphatic rings. The number of hydrogen-bond donors (Lipinski definition) is 1. The van der Waals surface area contributed by atoms with Crippen LogP contribution in [0.1, 0.15) is 22.3 Å². The zero-order valence-electron chi connectivity index (χ0n) is 15.5. The van der Waals surface area contributed by atoms with E-state index in [4.69, 9.17) is 11.6 Å². The highest BCUT2D eigenvalue weighted by atomic mass is 35.5. The van der Waals surface area contributed by atoms with Gasteiger partial charge in [-0.25, -0.2) is 0 Å². The summed E-state index contributed by atoms with van der Waals surface area (Å²) < 4.78 is 0. The van der Waals surface area contributed by atoms with Gasteiger partial charge in [-0.1, -0.05) is 72.3 Å². The number of halogens is 1. The van der Waals surface area contributed by atoms with Crippen LogP contribution in [0.5, 0.6) is 0 Å². The van der Waals surface area contributed by atoms with E-state index in [-0.39, 0.29) is 0 Å². The average molecular weight is 375 g/mol. The van der Waals surface area contributed by atoms with Crippen LogP contribution in [-0.4, -0.2) is 18.9 Å². The minimum Gasteiger partial charge on any atom is -0.368 e. The summed E-state index contributed by atoms with van der Waals surface area (Å²) in [6.45, 7) is 3.95. The molecule has 3 aromatic rings. The molecule has 1 N–H and O–H groups in total. The van der Waals surface area contributed by atoms with Gasteiger partial charge in [-0.2, -0.15) is 0 Å². The maximum Gasteiger partial charge on any atom is 0.128 e. The topological polar surface area (TPSA) is 24.4 Å². The molecule has 0 fully saturated rings. The summed E-state index contributed by atoms with van der Waals surface area (Å²) in [4.78, 5) is 4.58. The van der Waals surface area contributed by atoms with E-state index in [0.717, 1.165) is 42.4 Å². The van der Waals surface area contributed by atoms with Crippen molar-refractivity contribution in [3.63, 3.8) is 0 Å². The number of nitrogens with one attached hydrogen (secondary N) is 1. The van der Waals surface area contributed by atoms with Crippen LogP contribution >= 0.6 is 11.6 Å². The molecule has 27 heavy (non-hydrogen) atoms. The van der Waals surface area contributed by atoms with Crippen LogP contribution in [0, 0.1) is 6.92 Å². The van der Waals surface area contributed by atoms with Crippen molar-refractivity contribution in [1.29, 1.82) is 0 Å². The third kappa shape index (κ3) is 3.77. The monoisotopic (exact) mass is 374 g/mol. The third-order valence-electron chi connectivity index (χ3n) is 5.22. The molecule has 4 rings (SSSR count). The van der Waals surface area contributed by atoms with Crippen molar-refractivity contribution in [3.05, 3.63) is 94.0 Å². The van der Waals surface area contributed by atoms with Crippen LogP contribution in [0.2, 0.25) is 5.02 Å². The Morgan fingerprint density at radius 2 is 1.67 bits per heavy atom. The summed E-state index contributed by atoms with van der Waals surface area (Å²) in [5.41, 5.74) is 7.58. The van der Waals surface area contributed by atoms with Crippen molar-refractivity contribution in [2.24, 2.45) is 4.99 Å². The molecule has 0 saturated carbocycles. The minimum absolute atomic E-state index is 0.820. The smallest absolute Gasteiger partial charge is 0.128 e. The van der Waals surface area contributed by atoms with E-state index < -0.39 is 0 Å². The largest absolute Gasteiger partial charge is 0.368 e. The molecule has 0 spiro atoms. The van der Waals surface area contributed by atoms with Gasteiger partial charge in [0.15, 0.2) is 0 Å². The van der Waals surface area contributed by atoms with E-state index in [0.29, 0.717) is 0 Å². The van der Waals surface area contributed by atoms with Gasteiger partial charge in [0.1, 0.15) is 5.84 Å². The quantitative estimate of drug-likeness (QED) is 0.630. The Hall–Kier alpha value is -2.58. The van der Waals surface area contributed by atoms with Gasteiger partial charge in [0.2, 0.25) is 0 Å². The second-order valence-electron chi connectivity index (χ2n) is 6.88. The van der Waals surface area contributed by atoms with Crippen molar-refractivity contribution in [2.45, 2.75) is 19.8 Å². The fourth-order valence-electron chi connectivity index (χ4n) is 3.76. The summed E-state index contributed by atoms with van der Waals surface area (Å²) in [6.07, 6.45) is 1.85. The second kappa shape index (κ2) is 7.98. The summed E-state index contributed by atoms with van der Waals surface area (Å²) in [7, 11) is 0. The van der Waals surface area contributed by atoms with Gasteiger partial charge in [-0.3, -0.25) is 4.99 Å². The van der Waals surface area contributed by atoms with E-state index in [1.165, 1.54) is 27.8 Å². The van der Waals surface area contributed by atoms with E-state index in [1.807, 2.05) is 12.1 Å². The fraction of sp³-hybridized carbons (Fsp3) is 0.208. The van der Waals surface area contributed by atoms with Crippen molar-refractivity contribution < 1.29 is 0 Å². The van der Waals surface area contributed by atoms with Gasteiger partial charge in [-0.05, 0) is 53.6 Å². The molecule has 0 aromatic heterocycles. The first-order valence-electron chi connectivity index (χ1n) is 9.44. The van der Waals surface area contributed by atoms with E-state index in [1.54, 1.807) is 0 Å². The first-order chi connectivity index (χ1) is 13.2. The first kappa shape index (κ1) is 17.8. The van der Waals surface area contributed by atoms with Crippen LogP contribution in [0.4, 0.5) is 0 Å². The molecule has 0 radical (unpaired) electrons. The number of aliphatic imine (C=N–C) groups is 1. The number of benzene rings is 3. The standard InChI is InChI=1S/C24H23ClN2/c1-17-18(9-5-10-20(17)19-7-3-2-4-8-19)13-14-21-22(11-6-12-23(21)25)24-26-15-16-27-24/h2-12H,13-16H2,1H3,(H,26,27). The Bertz CT molecular complexity index is 977. The van der Waals surface area contributed by atoms with Gasteiger partial charge in [0.25, 0.3) is 0 Å². The molecule has 0 atom stereocenters. The average Bonchev–Trinajstić information content (AvgIpc) is 3.23. The normalized spacial score (nSPS) is 13.3. The SMILES string of the molecule is Cc1c(CCc2c(Cl)cccc2C2=NCCN2)cccc1-c1ccccc1. The van der Waals surface area contributed by atoms with Gasteiger partial charge in [0, 0.05) is 17.1 Å². The number of nitrogens with zero attached hydrogens (tertiary/aromatic N) is 1. The van der Waals surface area contributed by atoms with Crippen LogP contribution in [0.3, 0.4) is 0 Å². The van der Waals surface area contributed by atoms with Crippen molar-refractivity contribution >= 4 is 17.4 Å². The number of hydrogen-bond acceptors (Lipinski definition) is 2. The van der Waals surface area contributed by atoms with Crippen molar-refractivity contribution in [2.75, 3.05) is 13.1 Å². The lowest BCUT2D eigenvalue weighted by molar-refractivity contribution is 0.940. The van der Waals surface area contributed by atoms with Gasteiger partial charge < -0.3 is 5.32 Å². The van der Waals surface area contributed by atoms with Crippen LogP contribution < -0.4 is 5.32 Å². The maximum atomic E-state index is 6.56. The number of rotatable bonds is 5. The Labute approximate surface area is 165 Å². The van der Waals surface area contributed by atoms with Crippen LogP contribution in [0.15, 0.2) is 71.7 Å². The molecule has 3 aromatic carbocycles. The summed E-state index contributed by atoms with van der Waals surface area (Å²) >= 11 is 6.56. The molecule has 136 valence electrons. The second-order valence-corrected chi connectivity index (χ2v) is 7.29. The summed E-state index contributed by atoms with van der Waals surface area (Å²) in [5, 5.41) is 4.19. The zero-order valence-corrected chi connectivity index (χ0v) is 16.3. The van der Waals surface area contributed by atoms with Crippen LogP contribution in [0.25, 0.3) is 11.1 Å². The molecule has 3 heteroatoms. The van der Waals surface area contributed by atoms with Gasteiger partial charge in [-0.15, -0.1) is 0 Å². The zero-order chi connectivity index (χ0) is 18.6. The number of amidine groups is 1. The first-order valence-corrected chi connectivity index (χ1v) is 9.82. The highest BCUT2D eigenvalue weighted by Crippen LogP contribution is 2.28. The molecular weight excluding hydrogens is 352 g/mol. The van der Waals surface area contributed by atoms with Crippen molar-refractivity contribution in [1.82, 2.24) is 5.32 Å². The highest BCUT2D eigenvalue weighted by molar-refractivity contribution is 6.32. The van der Waals surface area contributed by atoms with Gasteiger partial charge >= 0.3 is 0 Å². The molecule has 2 nitrogen and oxygen atoms in total. The summed E-state index contributed by atoms with van der Waals surface area (Å²) in [5.74, 6) is 0.974. The predicted octanol–water partition coefficient (Wildman–Crippen LogP) is 5.45. The summed E-state index contributed by atoms with van der Waals surface area (Å²) in [6, 6.07) is 23.3. The Balaban J connectivity index is 1.62.